The highest BCUT2D eigenvalue weighted by molar-refractivity contribution is 7.99. The van der Waals surface area contributed by atoms with Gasteiger partial charge in [0, 0.05) is 6.54 Å². The van der Waals surface area contributed by atoms with Gasteiger partial charge in [0.2, 0.25) is 5.91 Å². The number of thioether (sulfide) groups is 1. The van der Waals surface area contributed by atoms with Gasteiger partial charge in [0.15, 0.2) is 0 Å². The number of ether oxygens (including phenoxy) is 1. The highest BCUT2D eigenvalue weighted by Gasteiger charge is 2.34. The Bertz CT molecular complexity index is 478. The zero-order valence-electron chi connectivity index (χ0n) is 12.3. The first-order valence-electron chi connectivity index (χ1n) is 7.21. The van der Waals surface area contributed by atoms with Crippen LogP contribution >= 0.6 is 11.8 Å². The van der Waals surface area contributed by atoms with Crippen molar-refractivity contribution in [2.24, 2.45) is 0 Å². The normalized spacial score (nSPS) is 17.8. The lowest BCUT2D eigenvalue weighted by Crippen LogP contribution is -2.42. The van der Waals surface area contributed by atoms with Gasteiger partial charge in [-0.3, -0.25) is 4.79 Å². The first-order valence-corrected chi connectivity index (χ1v) is 8.37. The average Bonchev–Trinajstić information content (AvgIpc) is 3.01. The number of esters is 1. The number of benzene rings is 1. The molecule has 1 aromatic carbocycles. The number of nitrogens with zero attached hydrogens (tertiary/aromatic N) is 1. The molecule has 0 aromatic heterocycles. The predicted octanol–water partition coefficient (Wildman–Crippen LogP) is 2.13. The van der Waals surface area contributed by atoms with Gasteiger partial charge in [-0.15, -0.1) is 0 Å². The lowest BCUT2D eigenvalue weighted by atomic mass is 10.2. The van der Waals surface area contributed by atoms with Crippen molar-refractivity contribution >= 4 is 23.6 Å². The standard InChI is InChI=1S/C16H21NO3S/c1-20-16(19)14-8-5-10-17(14)15(18)12-21-11-9-13-6-3-2-4-7-13/h2-4,6-7,14H,5,8-12H2,1H3. The van der Waals surface area contributed by atoms with Crippen LogP contribution in [0.5, 0.6) is 0 Å². The second kappa shape index (κ2) is 8.08. The van der Waals surface area contributed by atoms with Crippen LogP contribution in [0.25, 0.3) is 0 Å². The minimum Gasteiger partial charge on any atom is -0.467 e. The van der Waals surface area contributed by atoms with Crippen molar-refractivity contribution < 1.29 is 14.3 Å². The Morgan fingerprint density at radius 3 is 2.81 bits per heavy atom. The number of hydrogen-bond acceptors (Lipinski definition) is 4. The van der Waals surface area contributed by atoms with Crippen molar-refractivity contribution in [1.29, 1.82) is 0 Å². The molecule has 0 spiro atoms. The second-order valence-electron chi connectivity index (χ2n) is 5.06. The number of methoxy groups -OCH3 is 1. The van der Waals surface area contributed by atoms with Gasteiger partial charge in [-0.05, 0) is 30.6 Å². The molecule has 0 aliphatic carbocycles. The highest BCUT2D eigenvalue weighted by Crippen LogP contribution is 2.20. The van der Waals surface area contributed by atoms with Gasteiger partial charge in [0.25, 0.3) is 0 Å². The molecule has 1 aliphatic rings. The third kappa shape index (κ3) is 4.49. The zero-order valence-corrected chi connectivity index (χ0v) is 13.1. The van der Waals surface area contributed by atoms with Crippen molar-refractivity contribution in [2.75, 3.05) is 25.2 Å². The molecular formula is C16H21NO3S. The van der Waals surface area contributed by atoms with E-state index >= 15 is 0 Å². The molecule has 1 unspecified atom stereocenters. The first kappa shape index (κ1) is 15.9. The summed E-state index contributed by atoms with van der Waals surface area (Å²) in [6, 6.07) is 9.86. The molecule has 1 aromatic rings. The van der Waals surface area contributed by atoms with E-state index in [1.54, 1.807) is 16.7 Å². The number of amides is 1. The monoisotopic (exact) mass is 307 g/mol. The Labute approximate surface area is 129 Å². The van der Waals surface area contributed by atoms with Crippen LogP contribution in [-0.2, 0) is 20.7 Å². The molecule has 5 heteroatoms. The molecule has 0 bridgehead atoms. The average molecular weight is 307 g/mol. The van der Waals surface area contributed by atoms with E-state index in [0.717, 1.165) is 18.6 Å². The Morgan fingerprint density at radius 1 is 1.33 bits per heavy atom. The lowest BCUT2D eigenvalue weighted by Gasteiger charge is -2.22. The molecule has 2 rings (SSSR count). The van der Waals surface area contributed by atoms with E-state index in [0.29, 0.717) is 18.7 Å². The molecule has 0 saturated carbocycles. The van der Waals surface area contributed by atoms with E-state index < -0.39 is 0 Å². The van der Waals surface area contributed by atoms with Crippen LogP contribution in [0, 0.1) is 0 Å². The molecule has 1 saturated heterocycles. The molecule has 4 nitrogen and oxygen atoms in total. The van der Waals surface area contributed by atoms with E-state index in [2.05, 4.69) is 12.1 Å². The van der Waals surface area contributed by atoms with Gasteiger partial charge in [-0.25, -0.2) is 4.79 Å². The van der Waals surface area contributed by atoms with E-state index in [4.69, 9.17) is 4.74 Å². The molecule has 1 fully saturated rings. The number of hydrogen-bond donors (Lipinski definition) is 0. The van der Waals surface area contributed by atoms with E-state index in [1.807, 2.05) is 18.2 Å². The molecule has 1 heterocycles. The van der Waals surface area contributed by atoms with Gasteiger partial charge in [-0.1, -0.05) is 30.3 Å². The molecule has 114 valence electrons. The Hall–Kier alpha value is -1.49. The molecule has 1 aliphatic heterocycles. The van der Waals surface area contributed by atoms with Crippen molar-refractivity contribution in [3.05, 3.63) is 35.9 Å². The van der Waals surface area contributed by atoms with Gasteiger partial charge in [0.05, 0.1) is 12.9 Å². The topological polar surface area (TPSA) is 46.6 Å². The summed E-state index contributed by atoms with van der Waals surface area (Å²) in [4.78, 5) is 25.5. The van der Waals surface area contributed by atoms with Crippen molar-refractivity contribution in [1.82, 2.24) is 4.90 Å². The fourth-order valence-corrected chi connectivity index (χ4v) is 3.39. The van der Waals surface area contributed by atoms with Crippen LogP contribution in [0.1, 0.15) is 18.4 Å². The third-order valence-corrected chi connectivity index (χ3v) is 4.59. The summed E-state index contributed by atoms with van der Waals surface area (Å²) in [5.74, 6) is 1.09. The largest absolute Gasteiger partial charge is 0.467 e. The third-order valence-electron chi connectivity index (χ3n) is 3.65. The summed E-state index contributed by atoms with van der Waals surface area (Å²) < 4.78 is 4.76. The van der Waals surface area contributed by atoms with Gasteiger partial charge in [-0.2, -0.15) is 11.8 Å². The maximum absolute atomic E-state index is 12.2. The number of carbonyl (C=O) groups excluding carboxylic acids is 2. The van der Waals surface area contributed by atoms with Crippen molar-refractivity contribution in [2.45, 2.75) is 25.3 Å². The van der Waals surface area contributed by atoms with E-state index in [1.165, 1.54) is 12.7 Å². The Kier molecular flexibility index (Phi) is 6.11. The molecule has 0 N–H and O–H groups in total. The summed E-state index contributed by atoms with van der Waals surface area (Å²) in [5, 5.41) is 0. The fourth-order valence-electron chi connectivity index (χ4n) is 2.52. The van der Waals surface area contributed by atoms with Crippen LogP contribution < -0.4 is 0 Å². The Morgan fingerprint density at radius 2 is 2.10 bits per heavy atom. The van der Waals surface area contributed by atoms with Crippen LogP contribution in [0.2, 0.25) is 0 Å². The maximum atomic E-state index is 12.2. The molecule has 1 atom stereocenters. The molecule has 21 heavy (non-hydrogen) atoms. The van der Waals surface area contributed by atoms with Crippen molar-refractivity contribution in [3.63, 3.8) is 0 Å². The zero-order chi connectivity index (χ0) is 15.1. The summed E-state index contributed by atoms with van der Waals surface area (Å²) in [6.07, 6.45) is 2.55. The summed E-state index contributed by atoms with van der Waals surface area (Å²) in [6.45, 7) is 0.665. The van der Waals surface area contributed by atoms with Gasteiger partial charge >= 0.3 is 5.97 Å². The van der Waals surface area contributed by atoms with Crippen LogP contribution in [0.3, 0.4) is 0 Å². The molecule has 1 amide bonds. The SMILES string of the molecule is COC(=O)C1CCCN1C(=O)CSCCc1ccccc1. The van der Waals surface area contributed by atoms with E-state index in [-0.39, 0.29) is 17.9 Å². The number of likely N-dealkylation sites (tertiary alicyclic amines) is 1. The smallest absolute Gasteiger partial charge is 0.328 e. The Balaban J connectivity index is 1.73. The van der Waals surface area contributed by atoms with Crippen LogP contribution in [0.15, 0.2) is 30.3 Å². The summed E-state index contributed by atoms with van der Waals surface area (Å²) in [7, 11) is 1.37. The predicted molar refractivity (Wildman–Crippen MR) is 84.2 cm³/mol. The van der Waals surface area contributed by atoms with E-state index in [9.17, 15) is 9.59 Å². The van der Waals surface area contributed by atoms with Crippen LogP contribution in [-0.4, -0.2) is 48.0 Å². The van der Waals surface area contributed by atoms with Gasteiger partial charge < -0.3 is 9.64 Å². The quantitative estimate of drug-likeness (QED) is 0.597. The fraction of sp³-hybridized carbons (Fsp3) is 0.500. The minimum atomic E-state index is -0.378. The highest BCUT2D eigenvalue weighted by atomic mass is 32.2. The number of carbonyl (C=O) groups is 2. The summed E-state index contributed by atoms with van der Waals surface area (Å²) in [5.41, 5.74) is 1.28. The second-order valence-corrected chi connectivity index (χ2v) is 6.16. The number of aryl methyl sites for hydroxylation is 1. The lowest BCUT2D eigenvalue weighted by molar-refractivity contribution is -0.150. The first-order chi connectivity index (χ1) is 10.2. The van der Waals surface area contributed by atoms with Crippen LogP contribution in [0.4, 0.5) is 0 Å². The van der Waals surface area contributed by atoms with Gasteiger partial charge in [0.1, 0.15) is 6.04 Å². The minimum absolute atomic E-state index is 0.0426. The summed E-state index contributed by atoms with van der Waals surface area (Å²) >= 11 is 1.62. The molecule has 0 radical (unpaired) electrons. The maximum Gasteiger partial charge on any atom is 0.328 e. The molecular weight excluding hydrogens is 286 g/mol. The van der Waals surface area contributed by atoms with Crippen molar-refractivity contribution in [3.8, 4) is 0 Å². The number of rotatable bonds is 6.